The normalized spacial score (nSPS) is 12.4. The fraction of sp³-hybridized carbons (Fsp3) is 0.200. The molecule has 0 aliphatic heterocycles. The Morgan fingerprint density at radius 3 is 2.59 bits per heavy atom. The smallest absolute Gasteiger partial charge is 0.123 e. The Balaban J connectivity index is 2.14. The van der Waals surface area contributed by atoms with E-state index in [0.29, 0.717) is 6.42 Å². The highest BCUT2D eigenvalue weighted by molar-refractivity contribution is 5.26. The molecule has 0 amide bonds. The molecule has 0 fully saturated rings. The van der Waals surface area contributed by atoms with Gasteiger partial charge in [0.15, 0.2) is 0 Å². The van der Waals surface area contributed by atoms with Gasteiger partial charge >= 0.3 is 0 Å². The number of rotatable bonds is 3. The second kappa shape index (κ2) is 5.11. The van der Waals surface area contributed by atoms with Crippen LogP contribution in [0.1, 0.15) is 22.8 Å². The average molecular weight is 230 g/mol. The summed E-state index contributed by atoms with van der Waals surface area (Å²) in [7, 11) is 0. The summed E-state index contributed by atoms with van der Waals surface area (Å²) in [6.07, 6.45) is -0.155. The number of aliphatic hydroxyl groups excluding tert-OH is 1. The van der Waals surface area contributed by atoms with Crippen LogP contribution in [0.5, 0.6) is 0 Å². The van der Waals surface area contributed by atoms with Crippen LogP contribution in [-0.2, 0) is 6.42 Å². The van der Waals surface area contributed by atoms with E-state index in [1.54, 1.807) is 6.07 Å². The number of aryl methyl sites for hydroxylation is 1. The van der Waals surface area contributed by atoms with Crippen LogP contribution in [0.15, 0.2) is 48.5 Å². The first-order chi connectivity index (χ1) is 8.15. The van der Waals surface area contributed by atoms with E-state index in [-0.39, 0.29) is 5.82 Å². The highest BCUT2D eigenvalue weighted by Gasteiger charge is 2.08. The summed E-state index contributed by atoms with van der Waals surface area (Å²) in [5.41, 5.74) is 2.79. The van der Waals surface area contributed by atoms with E-state index >= 15 is 0 Å². The number of benzene rings is 2. The third-order valence-electron chi connectivity index (χ3n) is 2.74. The van der Waals surface area contributed by atoms with Gasteiger partial charge in [-0.25, -0.2) is 4.39 Å². The minimum absolute atomic E-state index is 0.265. The summed E-state index contributed by atoms with van der Waals surface area (Å²) in [5, 5.41) is 10.1. The fourth-order valence-electron chi connectivity index (χ4n) is 1.88. The van der Waals surface area contributed by atoms with Crippen molar-refractivity contribution >= 4 is 0 Å². The Labute approximate surface area is 101 Å². The summed E-state index contributed by atoms with van der Waals surface area (Å²) in [5.74, 6) is -0.265. The lowest BCUT2D eigenvalue weighted by molar-refractivity contribution is 0.178. The molecule has 2 rings (SSSR count). The zero-order valence-electron chi connectivity index (χ0n) is 9.73. The van der Waals surface area contributed by atoms with Crippen molar-refractivity contribution in [3.05, 3.63) is 71.0 Å². The summed E-state index contributed by atoms with van der Waals surface area (Å²) < 4.78 is 13.0. The molecule has 0 aliphatic rings. The van der Waals surface area contributed by atoms with E-state index in [4.69, 9.17) is 0 Å². The van der Waals surface area contributed by atoms with Crippen molar-refractivity contribution in [3.63, 3.8) is 0 Å². The van der Waals surface area contributed by atoms with E-state index < -0.39 is 6.10 Å². The van der Waals surface area contributed by atoms with E-state index in [2.05, 4.69) is 0 Å². The predicted molar refractivity (Wildman–Crippen MR) is 66.2 cm³/mol. The Morgan fingerprint density at radius 2 is 1.88 bits per heavy atom. The summed E-state index contributed by atoms with van der Waals surface area (Å²) in [4.78, 5) is 0. The van der Waals surface area contributed by atoms with Gasteiger partial charge in [0, 0.05) is 6.42 Å². The van der Waals surface area contributed by atoms with Gasteiger partial charge in [0.25, 0.3) is 0 Å². The molecule has 0 radical (unpaired) electrons. The molecule has 1 atom stereocenters. The molecular weight excluding hydrogens is 215 g/mol. The molecule has 17 heavy (non-hydrogen) atoms. The van der Waals surface area contributed by atoms with Crippen molar-refractivity contribution < 1.29 is 9.50 Å². The van der Waals surface area contributed by atoms with Crippen molar-refractivity contribution in [1.82, 2.24) is 0 Å². The molecule has 2 aromatic rings. The van der Waals surface area contributed by atoms with Gasteiger partial charge < -0.3 is 5.11 Å². The van der Waals surface area contributed by atoms with Crippen molar-refractivity contribution in [2.45, 2.75) is 19.4 Å². The van der Waals surface area contributed by atoms with Crippen LogP contribution < -0.4 is 0 Å². The summed E-state index contributed by atoms with van der Waals surface area (Å²) in [6.45, 7) is 1.98. The third-order valence-corrected chi connectivity index (χ3v) is 2.74. The monoisotopic (exact) mass is 230 g/mol. The zero-order chi connectivity index (χ0) is 12.3. The Morgan fingerprint density at radius 1 is 1.12 bits per heavy atom. The molecule has 1 N–H and O–H groups in total. The van der Waals surface area contributed by atoms with Gasteiger partial charge in [0.1, 0.15) is 5.82 Å². The van der Waals surface area contributed by atoms with Gasteiger partial charge in [-0.05, 0) is 30.2 Å². The Kier molecular flexibility index (Phi) is 3.55. The molecule has 0 saturated heterocycles. The molecule has 2 heteroatoms. The van der Waals surface area contributed by atoms with Gasteiger partial charge in [-0.3, -0.25) is 0 Å². The molecule has 2 aromatic carbocycles. The molecule has 1 unspecified atom stereocenters. The van der Waals surface area contributed by atoms with E-state index in [1.165, 1.54) is 12.1 Å². The SMILES string of the molecule is Cc1cccc(C(O)Cc2cccc(F)c2)c1. The second-order valence-corrected chi connectivity index (χ2v) is 4.26. The van der Waals surface area contributed by atoms with Crippen molar-refractivity contribution in [3.8, 4) is 0 Å². The maximum absolute atomic E-state index is 13.0. The van der Waals surface area contributed by atoms with Crippen LogP contribution in [0, 0.1) is 12.7 Å². The quantitative estimate of drug-likeness (QED) is 0.856. The minimum atomic E-state index is -0.586. The first kappa shape index (κ1) is 11.8. The molecule has 0 aliphatic carbocycles. The number of hydrogen-bond acceptors (Lipinski definition) is 1. The molecular formula is C15H15FO. The zero-order valence-corrected chi connectivity index (χ0v) is 9.73. The van der Waals surface area contributed by atoms with Crippen LogP contribution in [0.3, 0.4) is 0 Å². The molecule has 0 bridgehead atoms. The number of aliphatic hydroxyl groups is 1. The van der Waals surface area contributed by atoms with E-state index in [0.717, 1.165) is 16.7 Å². The second-order valence-electron chi connectivity index (χ2n) is 4.26. The van der Waals surface area contributed by atoms with Gasteiger partial charge in [0.2, 0.25) is 0 Å². The summed E-state index contributed by atoms with van der Waals surface area (Å²) >= 11 is 0. The van der Waals surface area contributed by atoms with Crippen LogP contribution in [0.25, 0.3) is 0 Å². The van der Waals surface area contributed by atoms with Gasteiger partial charge in [0.05, 0.1) is 6.10 Å². The molecule has 0 spiro atoms. The Bertz CT molecular complexity index is 508. The lowest BCUT2D eigenvalue weighted by Crippen LogP contribution is -2.02. The third kappa shape index (κ3) is 3.14. The van der Waals surface area contributed by atoms with E-state index in [1.807, 2.05) is 37.3 Å². The van der Waals surface area contributed by atoms with Crippen LogP contribution in [0.4, 0.5) is 4.39 Å². The number of halogens is 1. The largest absolute Gasteiger partial charge is 0.388 e. The maximum atomic E-state index is 13.0. The topological polar surface area (TPSA) is 20.2 Å². The standard InChI is InChI=1S/C15H15FO/c1-11-4-2-6-13(8-11)15(17)10-12-5-3-7-14(16)9-12/h2-9,15,17H,10H2,1H3. The average Bonchev–Trinajstić information content (AvgIpc) is 2.29. The number of hydrogen-bond donors (Lipinski definition) is 1. The van der Waals surface area contributed by atoms with E-state index in [9.17, 15) is 9.50 Å². The van der Waals surface area contributed by atoms with Gasteiger partial charge in [-0.15, -0.1) is 0 Å². The highest BCUT2D eigenvalue weighted by atomic mass is 19.1. The lowest BCUT2D eigenvalue weighted by Gasteiger charge is -2.11. The van der Waals surface area contributed by atoms with Crippen LogP contribution in [-0.4, -0.2) is 5.11 Å². The van der Waals surface area contributed by atoms with Crippen LogP contribution in [0.2, 0.25) is 0 Å². The summed E-state index contributed by atoms with van der Waals surface area (Å²) in [6, 6.07) is 14.1. The fourth-order valence-corrected chi connectivity index (χ4v) is 1.88. The lowest BCUT2D eigenvalue weighted by atomic mass is 10.00. The van der Waals surface area contributed by atoms with Crippen LogP contribution >= 0.6 is 0 Å². The molecule has 88 valence electrons. The first-order valence-corrected chi connectivity index (χ1v) is 5.64. The van der Waals surface area contributed by atoms with Crippen molar-refractivity contribution in [1.29, 1.82) is 0 Å². The molecule has 0 aromatic heterocycles. The van der Waals surface area contributed by atoms with Gasteiger partial charge in [-0.1, -0.05) is 42.0 Å². The predicted octanol–water partition coefficient (Wildman–Crippen LogP) is 3.41. The molecule has 0 heterocycles. The molecule has 0 saturated carbocycles. The van der Waals surface area contributed by atoms with Gasteiger partial charge in [-0.2, -0.15) is 0 Å². The highest BCUT2D eigenvalue weighted by Crippen LogP contribution is 2.19. The first-order valence-electron chi connectivity index (χ1n) is 5.64. The molecule has 1 nitrogen and oxygen atoms in total. The minimum Gasteiger partial charge on any atom is -0.388 e. The van der Waals surface area contributed by atoms with Crippen molar-refractivity contribution in [2.75, 3.05) is 0 Å². The Hall–Kier alpha value is -1.67. The maximum Gasteiger partial charge on any atom is 0.123 e. The van der Waals surface area contributed by atoms with Crippen molar-refractivity contribution in [2.24, 2.45) is 0 Å².